The standard InChI is InChI=1S/C14H17ClN2OS/c1-4-18-17-13-10-7-9(15)5-6-11(10)16-12(8-19)14(13,2)3/h5-8,12,16H,4H2,1-3H3/b17-13+. The average molecular weight is 297 g/mol. The Morgan fingerprint density at radius 1 is 1.53 bits per heavy atom. The van der Waals surface area contributed by atoms with Gasteiger partial charge in [0.15, 0.2) is 0 Å². The van der Waals surface area contributed by atoms with Gasteiger partial charge in [-0.2, -0.15) is 0 Å². The van der Waals surface area contributed by atoms with E-state index in [9.17, 15) is 0 Å². The number of hydrogen-bond acceptors (Lipinski definition) is 4. The predicted molar refractivity (Wildman–Crippen MR) is 84.5 cm³/mol. The van der Waals surface area contributed by atoms with Crippen LogP contribution in [0.3, 0.4) is 0 Å². The number of anilines is 1. The van der Waals surface area contributed by atoms with E-state index in [0.29, 0.717) is 11.6 Å². The van der Waals surface area contributed by atoms with Gasteiger partial charge in [-0.25, -0.2) is 0 Å². The minimum Gasteiger partial charge on any atom is -0.396 e. The summed E-state index contributed by atoms with van der Waals surface area (Å²) in [7, 11) is 0. The zero-order valence-corrected chi connectivity index (χ0v) is 12.8. The molecule has 1 aliphatic heterocycles. The van der Waals surface area contributed by atoms with Gasteiger partial charge < -0.3 is 10.2 Å². The van der Waals surface area contributed by atoms with E-state index in [-0.39, 0.29) is 11.5 Å². The Kier molecular flexibility index (Phi) is 4.11. The van der Waals surface area contributed by atoms with Gasteiger partial charge in [-0.3, -0.25) is 0 Å². The van der Waals surface area contributed by atoms with Crippen molar-refractivity contribution in [2.45, 2.75) is 26.8 Å². The van der Waals surface area contributed by atoms with Crippen molar-refractivity contribution in [3.63, 3.8) is 0 Å². The van der Waals surface area contributed by atoms with Gasteiger partial charge >= 0.3 is 0 Å². The molecule has 0 aliphatic carbocycles. The molecule has 0 amide bonds. The summed E-state index contributed by atoms with van der Waals surface area (Å²) >= 11 is 11.2. The fourth-order valence-corrected chi connectivity index (χ4v) is 2.76. The van der Waals surface area contributed by atoms with E-state index in [4.69, 9.17) is 28.7 Å². The van der Waals surface area contributed by atoms with Crippen molar-refractivity contribution in [1.82, 2.24) is 0 Å². The van der Waals surface area contributed by atoms with E-state index in [0.717, 1.165) is 17.0 Å². The van der Waals surface area contributed by atoms with Crippen LogP contribution in [0, 0.1) is 5.41 Å². The molecule has 1 N–H and O–H groups in total. The zero-order chi connectivity index (χ0) is 14.0. The summed E-state index contributed by atoms with van der Waals surface area (Å²) in [5.74, 6) is 0. The first-order chi connectivity index (χ1) is 9.00. The molecule has 102 valence electrons. The summed E-state index contributed by atoms with van der Waals surface area (Å²) < 4.78 is 0. The molecule has 1 heterocycles. The fraction of sp³-hybridized carbons (Fsp3) is 0.429. The number of benzene rings is 1. The van der Waals surface area contributed by atoms with Crippen LogP contribution >= 0.6 is 23.8 Å². The van der Waals surface area contributed by atoms with Gasteiger partial charge in [-0.15, -0.1) is 0 Å². The summed E-state index contributed by atoms with van der Waals surface area (Å²) in [5, 5.41) is 10.1. The van der Waals surface area contributed by atoms with E-state index in [1.165, 1.54) is 0 Å². The molecule has 1 aromatic carbocycles. The molecule has 0 fully saturated rings. The molecule has 2 rings (SSSR count). The number of nitrogens with zero attached hydrogens (tertiary/aromatic N) is 1. The Balaban J connectivity index is 2.59. The molecular weight excluding hydrogens is 280 g/mol. The third kappa shape index (κ3) is 2.60. The maximum Gasteiger partial charge on any atom is 0.114 e. The van der Waals surface area contributed by atoms with Crippen LogP contribution in [0.15, 0.2) is 23.4 Å². The minimum atomic E-state index is -0.255. The van der Waals surface area contributed by atoms with Crippen molar-refractivity contribution in [1.29, 1.82) is 0 Å². The van der Waals surface area contributed by atoms with Crippen molar-refractivity contribution in [3.8, 4) is 0 Å². The number of fused-ring (bicyclic) bond motifs is 1. The van der Waals surface area contributed by atoms with Crippen LogP contribution in [0.4, 0.5) is 5.69 Å². The molecule has 3 nitrogen and oxygen atoms in total. The Labute approximate surface area is 124 Å². The number of oxime groups is 1. The summed E-state index contributed by atoms with van der Waals surface area (Å²) in [6.07, 6.45) is 0. The Hall–Kier alpha value is -1.13. The van der Waals surface area contributed by atoms with Gasteiger partial charge in [0.1, 0.15) is 6.61 Å². The zero-order valence-electron chi connectivity index (χ0n) is 11.2. The van der Waals surface area contributed by atoms with Crippen LogP contribution in [0.1, 0.15) is 26.3 Å². The number of rotatable bonds is 3. The second kappa shape index (κ2) is 5.47. The molecular formula is C14H17ClN2OS. The molecule has 1 aliphatic rings. The van der Waals surface area contributed by atoms with Crippen LogP contribution in [-0.4, -0.2) is 23.7 Å². The molecule has 19 heavy (non-hydrogen) atoms. The lowest BCUT2D eigenvalue weighted by atomic mass is 9.74. The third-order valence-electron chi connectivity index (χ3n) is 3.36. The molecule has 1 atom stereocenters. The van der Waals surface area contributed by atoms with Gasteiger partial charge in [0, 0.05) is 27.1 Å². The normalized spacial score (nSPS) is 22.5. The van der Waals surface area contributed by atoms with Gasteiger partial charge in [-0.05, 0) is 25.1 Å². The highest BCUT2D eigenvalue weighted by Crippen LogP contribution is 2.38. The van der Waals surface area contributed by atoms with E-state index in [2.05, 4.69) is 24.3 Å². The first-order valence-electron chi connectivity index (χ1n) is 6.23. The highest BCUT2D eigenvalue weighted by atomic mass is 35.5. The number of hydrogen-bond donors (Lipinski definition) is 1. The number of halogens is 1. The number of nitrogens with one attached hydrogen (secondary N) is 1. The minimum absolute atomic E-state index is 0.0235. The largest absolute Gasteiger partial charge is 0.396 e. The Morgan fingerprint density at radius 2 is 2.26 bits per heavy atom. The molecule has 0 radical (unpaired) electrons. The van der Waals surface area contributed by atoms with E-state index in [1.807, 2.05) is 25.1 Å². The second-order valence-electron chi connectivity index (χ2n) is 5.03. The van der Waals surface area contributed by atoms with E-state index >= 15 is 0 Å². The van der Waals surface area contributed by atoms with Crippen LogP contribution in [0.5, 0.6) is 0 Å². The van der Waals surface area contributed by atoms with Crippen LogP contribution in [0.25, 0.3) is 0 Å². The highest BCUT2D eigenvalue weighted by Gasteiger charge is 2.40. The van der Waals surface area contributed by atoms with Crippen molar-refractivity contribution in [3.05, 3.63) is 28.8 Å². The van der Waals surface area contributed by atoms with E-state index in [1.54, 1.807) is 5.37 Å². The molecule has 0 bridgehead atoms. The van der Waals surface area contributed by atoms with Crippen LogP contribution < -0.4 is 5.32 Å². The molecule has 0 saturated heterocycles. The smallest absolute Gasteiger partial charge is 0.114 e. The molecule has 0 aromatic heterocycles. The summed E-state index contributed by atoms with van der Waals surface area (Å²) in [6.45, 7) is 6.63. The SMILES string of the molecule is CCO/N=C1\c2cc(Cl)ccc2NC(C=S)C1(C)C. The molecule has 0 spiro atoms. The molecule has 1 aromatic rings. The summed E-state index contributed by atoms with van der Waals surface area (Å²) in [6, 6.07) is 5.73. The maximum atomic E-state index is 6.09. The Morgan fingerprint density at radius 3 is 2.89 bits per heavy atom. The van der Waals surface area contributed by atoms with Gasteiger partial charge in [0.2, 0.25) is 0 Å². The lowest BCUT2D eigenvalue weighted by Crippen LogP contribution is -2.47. The maximum absolute atomic E-state index is 6.09. The quantitative estimate of drug-likeness (QED) is 0.678. The average Bonchev–Trinajstić information content (AvgIpc) is 2.37. The highest BCUT2D eigenvalue weighted by molar-refractivity contribution is 7.79. The van der Waals surface area contributed by atoms with Crippen molar-refractivity contribution in [2.75, 3.05) is 11.9 Å². The first-order valence-corrected chi connectivity index (χ1v) is 7.07. The topological polar surface area (TPSA) is 33.6 Å². The Bertz CT molecular complexity index is 528. The fourth-order valence-electron chi connectivity index (χ4n) is 2.18. The molecule has 1 unspecified atom stereocenters. The van der Waals surface area contributed by atoms with Gasteiger partial charge in [0.25, 0.3) is 0 Å². The van der Waals surface area contributed by atoms with E-state index < -0.39 is 0 Å². The van der Waals surface area contributed by atoms with Crippen molar-refractivity contribution < 1.29 is 4.84 Å². The number of thiocarbonyl (C=S) groups is 1. The van der Waals surface area contributed by atoms with Crippen LogP contribution in [-0.2, 0) is 4.84 Å². The van der Waals surface area contributed by atoms with Gasteiger partial charge in [0.05, 0.1) is 11.8 Å². The lowest BCUT2D eigenvalue weighted by Gasteiger charge is -2.39. The lowest BCUT2D eigenvalue weighted by molar-refractivity contribution is 0.155. The monoisotopic (exact) mass is 296 g/mol. The van der Waals surface area contributed by atoms with Crippen molar-refractivity contribution in [2.24, 2.45) is 10.6 Å². The predicted octanol–water partition coefficient (Wildman–Crippen LogP) is 3.90. The molecule has 5 heteroatoms. The van der Waals surface area contributed by atoms with Crippen LogP contribution in [0.2, 0.25) is 5.02 Å². The first kappa shape index (κ1) is 14.3. The van der Waals surface area contributed by atoms with Gasteiger partial charge in [-0.1, -0.05) is 42.8 Å². The second-order valence-corrected chi connectivity index (χ2v) is 5.74. The summed E-state index contributed by atoms with van der Waals surface area (Å²) in [5.41, 5.74) is 2.57. The summed E-state index contributed by atoms with van der Waals surface area (Å²) in [4.78, 5) is 5.27. The van der Waals surface area contributed by atoms with Crippen molar-refractivity contribution >= 4 is 40.6 Å². The molecule has 0 saturated carbocycles. The third-order valence-corrected chi connectivity index (χ3v) is 3.86.